The summed E-state index contributed by atoms with van der Waals surface area (Å²) >= 11 is 3.38. The third-order valence-corrected chi connectivity index (χ3v) is 3.50. The van der Waals surface area contributed by atoms with Gasteiger partial charge >= 0.3 is 0 Å². The Bertz CT molecular complexity index is 349. The van der Waals surface area contributed by atoms with Crippen molar-refractivity contribution in [1.82, 2.24) is 20.4 Å². The van der Waals surface area contributed by atoms with Crippen LogP contribution < -0.4 is 11.3 Å². The fourth-order valence-electron chi connectivity index (χ4n) is 2.11. The number of hydrazine groups is 1. The van der Waals surface area contributed by atoms with E-state index in [2.05, 4.69) is 38.6 Å². The summed E-state index contributed by atoms with van der Waals surface area (Å²) in [7, 11) is 1.84. The maximum absolute atomic E-state index is 5.82. The van der Waals surface area contributed by atoms with E-state index in [9.17, 15) is 0 Å². The van der Waals surface area contributed by atoms with Crippen LogP contribution in [-0.4, -0.2) is 27.2 Å². The van der Waals surface area contributed by atoms with E-state index < -0.39 is 0 Å². The van der Waals surface area contributed by atoms with Gasteiger partial charge in [-0.25, -0.2) is 10.1 Å². The topological polar surface area (TPSA) is 78.0 Å². The molecule has 3 unspecified atom stereocenters. The van der Waals surface area contributed by atoms with Crippen LogP contribution in [0.4, 0.5) is 0 Å². The van der Waals surface area contributed by atoms with Crippen molar-refractivity contribution in [2.75, 3.05) is 0 Å². The molecule has 1 aromatic heterocycles. The molecule has 1 aliphatic heterocycles. The van der Waals surface area contributed by atoms with E-state index in [1.54, 1.807) is 4.68 Å². The summed E-state index contributed by atoms with van der Waals surface area (Å²) in [4.78, 5) is 0. The molecule has 0 aromatic carbocycles. The van der Waals surface area contributed by atoms with Crippen LogP contribution in [0.3, 0.4) is 0 Å². The Hall–Kier alpha value is -0.500. The molecule has 0 amide bonds. The van der Waals surface area contributed by atoms with Crippen molar-refractivity contribution in [3.8, 4) is 0 Å². The van der Waals surface area contributed by atoms with Gasteiger partial charge in [0.25, 0.3) is 0 Å². The molecule has 16 heavy (non-hydrogen) atoms. The highest BCUT2D eigenvalue weighted by Crippen LogP contribution is 2.31. The highest BCUT2D eigenvalue weighted by Gasteiger charge is 2.33. The molecule has 1 aliphatic rings. The lowest BCUT2D eigenvalue weighted by Gasteiger charge is -2.22. The van der Waals surface area contributed by atoms with Crippen molar-refractivity contribution >= 4 is 15.9 Å². The van der Waals surface area contributed by atoms with E-state index >= 15 is 0 Å². The van der Waals surface area contributed by atoms with Crippen LogP contribution >= 0.6 is 15.9 Å². The number of aromatic nitrogens is 3. The number of hydrogen-bond acceptors (Lipinski definition) is 5. The van der Waals surface area contributed by atoms with Gasteiger partial charge in [-0.1, -0.05) is 5.21 Å². The largest absolute Gasteiger partial charge is 0.373 e. The maximum Gasteiger partial charge on any atom is 0.153 e. The Labute approximate surface area is 103 Å². The first-order valence-electron chi connectivity index (χ1n) is 5.30. The van der Waals surface area contributed by atoms with Crippen molar-refractivity contribution in [3.63, 3.8) is 0 Å². The molecule has 3 N–H and O–H groups in total. The van der Waals surface area contributed by atoms with Gasteiger partial charge in [0.15, 0.2) is 4.60 Å². The number of nitrogens with two attached hydrogens (primary N) is 1. The third kappa shape index (κ3) is 2.13. The number of nitrogens with one attached hydrogen (secondary N) is 1. The molecule has 7 heteroatoms. The smallest absolute Gasteiger partial charge is 0.153 e. The number of aryl methyl sites for hydroxylation is 1. The van der Waals surface area contributed by atoms with Gasteiger partial charge in [0.1, 0.15) is 0 Å². The zero-order valence-corrected chi connectivity index (χ0v) is 10.9. The van der Waals surface area contributed by atoms with Gasteiger partial charge in [-0.2, -0.15) is 0 Å². The summed E-state index contributed by atoms with van der Waals surface area (Å²) in [6, 6.07) is -0.0840. The van der Waals surface area contributed by atoms with Crippen molar-refractivity contribution in [3.05, 3.63) is 10.3 Å². The molecule has 0 bridgehead atoms. The Balaban J connectivity index is 2.22. The number of halogens is 1. The second kappa shape index (κ2) is 4.79. The first kappa shape index (κ1) is 12.0. The van der Waals surface area contributed by atoms with Gasteiger partial charge in [0.2, 0.25) is 0 Å². The average Bonchev–Trinajstić information content (AvgIpc) is 2.80. The van der Waals surface area contributed by atoms with Crippen LogP contribution in [0.5, 0.6) is 0 Å². The van der Waals surface area contributed by atoms with Gasteiger partial charge in [0, 0.05) is 7.05 Å². The Morgan fingerprint density at radius 3 is 2.81 bits per heavy atom. The molecule has 0 saturated carbocycles. The Morgan fingerprint density at radius 2 is 2.38 bits per heavy atom. The average molecular weight is 290 g/mol. The standard InChI is InChI=1S/C9H16BrN5O/c1-5-3-4-6(16-5)7(12-11)8-9(10)13-14-15(8)2/h5-7,12H,3-4,11H2,1-2H3. The second-order valence-electron chi connectivity index (χ2n) is 4.10. The number of rotatable bonds is 3. The molecular weight excluding hydrogens is 274 g/mol. The van der Waals surface area contributed by atoms with Crippen molar-refractivity contribution in [2.45, 2.75) is 38.0 Å². The van der Waals surface area contributed by atoms with Gasteiger partial charge in [-0.3, -0.25) is 5.84 Å². The van der Waals surface area contributed by atoms with Gasteiger partial charge < -0.3 is 4.74 Å². The number of nitrogens with zero attached hydrogens (tertiary/aromatic N) is 3. The van der Waals surface area contributed by atoms with Gasteiger partial charge in [-0.05, 0) is 35.7 Å². The summed E-state index contributed by atoms with van der Waals surface area (Å²) in [6.07, 6.45) is 2.42. The summed E-state index contributed by atoms with van der Waals surface area (Å²) < 4.78 is 8.23. The molecule has 2 rings (SSSR count). The van der Waals surface area contributed by atoms with Crippen molar-refractivity contribution in [1.29, 1.82) is 0 Å². The van der Waals surface area contributed by atoms with E-state index in [0.29, 0.717) is 10.7 Å². The van der Waals surface area contributed by atoms with Crippen LogP contribution in [-0.2, 0) is 11.8 Å². The zero-order chi connectivity index (χ0) is 11.7. The number of ether oxygens (including phenoxy) is 1. The lowest BCUT2D eigenvalue weighted by molar-refractivity contribution is 0.0296. The summed E-state index contributed by atoms with van der Waals surface area (Å²) in [6.45, 7) is 2.07. The predicted octanol–water partition coefficient (Wildman–Crippen LogP) is 0.649. The summed E-state index contributed by atoms with van der Waals surface area (Å²) in [5.41, 5.74) is 3.71. The SMILES string of the molecule is CC1CCC(C(NN)c2c(Br)nnn2C)O1. The van der Waals surface area contributed by atoms with E-state index in [4.69, 9.17) is 10.6 Å². The molecule has 0 spiro atoms. The van der Waals surface area contributed by atoms with Crippen LogP contribution in [0.2, 0.25) is 0 Å². The monoisotopic (exact) mass is 289 g/mol. The van der Waals surface area contributed by atoms with Crippen molar-refractivity contribution < 1.29 is 4.74 Å². The molecule has 2 heterocycles. The van der Waals surface area contributed by atoms with E-state index in [1.807, 2.05) is 7.05 Å². The molecule has 1 fully saturated rings. The predicted molar refractivity (Wildman–Crippen MR) is 62.3 cm³/mol. The highest BCUT2D eigenvalue weighted by atomic mass is 79.9. The quantitative estimate of drug-likeness (QED) is 0.631. The van der Waals surface area contributed by atoms with E-state index in [0.717, 1.165) is 18.5 Å². The fraction of sp³-hybridized carbons (Fsp3) is 0.778. The molecule has 1 aromatic rings. The first-order chi connectivity index (χ1) is 7.63. The fourth-order valence-corrected chi connectivity index (χ4v) is 2.68. The first-order valence-corrected chi connectivity index (χ1v) is 6.09. The van der Waals surface area contributed by atoms with Crippen LogP contribution in [0.25, 0.3) is 0 Å². The molecule has 0 radical (unpaired) electrons. The number of hydrogen-bond donors (Lipinski definition) is 2. The molecule has 1 saturated heterocycles. The van der Waals surface area contributed by atoms with Gasteiger partial charge in [0.05, 0.1) is 23.9 Å². The third-order valence-electron chi connectivity index (χ3n) is 2.94. The normalized spacial score (nSPS) is 27.2. The van der Waals surface area contributed by atoms with E-state index in [1.165, 1.54) is 0 Å². The lowest BCUT2D eigenvalue weighted by atomic mass is 10.1. The van der Waals surface area contributed by atoms with Crippen molar-refractivity contribution in [2.24, 2.45) is 12.9 Å². The minimum Gasteiger partial charge on any atom is -0.373 e. The zero-order valence-electron chi connectivity index (χ0n) is 9.35. The minimum absolute atomic E-state index is 0.0773. The minimum atomic E-state index is -0.0840. The van der Waals surface area contributed by atoms with Crippen LogP contribution in [0.15, 0.2) is 4.60 Å². The molecule has 0 aliphatic carbocycles. The molecule has 90 valence electrons. The highest BCUT2D eigenvalue weighted by molar-refractivity contribution is 9.10. The maximum atomic E-state index is 5.82. The van der Waals surface area contributed by atoms with E-state index in [-0.39, 0.29) is 12.1 Å². The van der Waals surface area contributed by atoms with Crippen LogP contribution in [0, 0.1) is 0 Å². The second-order valence-corrected chi connectivity index (χ2v) is 4.85. The Kier molecular flexibility index (Phi) is 3.58. The molecule has 3 atom stereocenters. The Morgan fingerprint density at radius 1 is 1.62 bits per heavy atom. The summed E-state index contributed by atoms with van der Waals surface area (Å²) in [5, 5.41) is 7.90. The van der Waals surface area contributed by atoms with Gasteiger partial charge in [-0.15, -0.1) is 5.10 Å². The molecule has 6 nitrogen and oxygen atoms in total. The van der Waals surface area contributed by atoms with Crippen LogP contribution in [0.1, 0.15) is 31.5 Å². The summed E-state index contributed by atoms with van der Waals surface area (Å²) in [5.74, 6) is 5.61. The molecular formula is C9H16BrN5O. The lowest BCUT2D eigenvalue weighted by Crippen LogP contribution is -2.38.